The number of benzene rings is 1. The lowest BCUT2D eigenvalue weighted by Crippen LogP contribution is -2.46. The molecule has 1 aromatic carbocycles. The number of ether oxygens (including phenoxy) is 2. The highest BCUT2D eigenvalue weighted by Crippen LogP contribution is 2.16. The van der Waals surface area contributed by atoms with Crippen LogP contribution in [0.3, 0.4) is 0 Å². The first-order valence-corrected chi connectivity index (χ1v) is 9.13. The van der Waals surface area contributed by atoms with Crippen molar-refractivity contribution in [1.82, 2.24) is 15.2 Å². The fourth-order valence-electron chi connectivity index (χ4n) is 2.87. The Morgan fingerprint density at radius 1 is 1.34 bits per heavy atom. The van der Waals surface area contributed by atoms with Crippen LogP contribution in [0, 0.1) is 5.82 Å². The molecular weight excluding hydrogens is 379 g/mol. The van der Waals surface area contributed by atoms with Crippen LogP contribution in [-0.2, 0) is 16.1 Å². The lowest BCUT2D eigenvalue weighted by molar-refractivity contribution is -0.132. The van der Waals surface area contributed by atoms with E-state index in [9.17, 15) is 14.0 Å². The molecule has 154 valence electrons. The molecule has 0 saturated carbocycles. The van der Waals surface area contributed by atoms with Crippen molar-refractivity contribution in [2.75, 3.05) is 39.2 Å². The van der Waals surface area contributed by atoms with E-state index in [1.54, 1.807) is 18.3 Å². The average Bonchev–Trinajstić information content (AvgIpc) is 2.72. The molecule has 29 heavy (non-hydrogen) atoms. The van der Waals surface area contributed by atoms with E-state index < -0.39 is 17.8 Å². The normalized spacial score (nSPS) is 16.9. The fourth-order valence-corrected chi connectivity index (χ4v) is 2.87. The molecular formula is C20H23FN4O4. The van der Waals surface area contributed by atoms with Gasteiger partial charge in [0.25, 0.3) is 11.8 Å². The van der Waals surface area contributed by atoms with E-state index in [0.29, 0.717) is 19.0 Å². The number of anilines is 1. The van der Waals surface area contributed by atoms with Crippen LogP contribution in [-0.4, -0.2) is 61.7 Å². The van der Waals surface area contributed by atoms with E-state index in [1.165, 1.54) is 13.2 Å². The molecule has 8 nitrogen and oxygen atoms in total. The summed E-state index contributed by atoms with van der Waals surface area (Å²) in [5, 5.41) is 5.32. The van der Waals surface area contributed by atoms with Gasteiger partial charge in [0.05, 0.1) is 13.7 Å². The molecule has 1 fully saturated rings. The number of hydrogen-bond donors (Lipinski definition) is 2. The van der Waals surface area contributed by atoms with Crippen molar-refractivity contribution in [2.24, 2.45) is 0 Å². The van der Waals surface area contributed by atoms with Crippen molar-refractivity contribution in [3.63, 3.8) is 0 Å². The Kier molecular flexibility index (Phi) is 6.73. The van der Waals surface area contributed by atoms with Gasteiger partial charge in [0, 0.05) is 43.1 Å². The predicted molar refractivity (Wildman–Crippen MR) is 104 cm³/mol. The van der Waals surface area contributed by atoms with Crippen LogP contribution in [0.5, 0.6) is 5.88 Å². The molecule has 3 rings (SSSR count). The first kappa shape index (κ1) is 20.7. The van der Waals surface area contributed by atoms with E-state index in [-0.39, 0.29) is 23.7 Å². The van der Waals surface area contributed by atoms with Crippen LogP contribution < -0.4 is 15.4 Å². The second-order valence-electron chi connectivity index (χ2n) is 6.73. The predicted octanol–water partition coefficient (Wildman–Crippen LogP) is 1.43. The Balaban J connectivity index is 1.62. The summed E-state index contributed by atoms with van der Waals surface area (Å²) in [4.78, 5) is 30.8. The third-order valence-corrected chi connectivity index (χ3v) is 4.45. The molecule has 0 spiro atoms. The number of amides is 2. The second-order valence-corrected chi connectivity index (χ2v) is 6.73. The summed E-state index contributed by atoms with van der Waals surface area (Å²) in [6, 6.07) is 7.15. The van der Waals surface area contributed by atoms with Crippen LogP contribution in [0.4, 0.5) is 10.1 Å². The Hall–Kier alpha value is -3.04. The van der Waals surface area contributed by atoms with Crippen LogP contribution in [0.1, 0.15) is 15.9 Å². The molecule has 2 aromatic rings. The minimum absolute atomic E-state index is 0.100. The van der Waals surface area contributed by atoms with Crippen molar-refractivity contribution in [2.45, 2.75) is 12.6 Å². The number of likely N-dealkylation sites (N-methyl/N-ethyl adjacent to an activating group) is 1. The summed E-state index contributed by atoms with van der Waals surface area (Å²) < 4.78 is 24.4. The molecule has 0 radical (unpaired) electrons. The summed E-state index contributed by atoms with van der Waals surface area (Å²) in [7, 11) is 3.41. The van der Waals surface area contributed by atoms with Crippen molar-refractivity contribution >= 4 is 17.5 Å². The molecule has 1 aliphatic rings. The van der Waals surface area contributed by atoms with Crippen molar-refractivity contribution < 1.29 is 23.5 Å². The average molecular weight is 402 g/mol. The Labute approximate surface area is 168 Å². The summed E-state index contributed by atoms with van der Waals surface area (Å²) >= 11 is 0. The molecule has 2 amide bonds. The van der Waals surface area contributed by atoms with Gasteiger partial charge in [-0.15, -0.1) is 0 Å². The van der Waals surface area contributed by atoms with Gasteiger partial charge in [-0.3, -0.25) is 9.59 Å². The number of rotatable bonds is 6. The smallest absolute Gasteiger partial charge is 0.254 e. The zero-order valence-corrected chi connectivity index (χ0v) is 16.3. The van der Waals surface area contributed by atoms with Gasteiger partial charge >= 0.3 is 0 Å². The zero-order valence-electron chi connectivity index (χ0n) is 16.3. The zero-order chi connectivity index (χ0) is 20.8. The lowest BCUT2D eigenvalue weighted by Gasteiger charge is -2.29. The van der Waals surface area contributed by atoms with Crippen molar-refractivity contribution in [3.05, 3.63) is 53.5 Å². The van der Waals surface area contributed by atoms with Crippen LogP contribution in [0.15, 0.2) is 36.5 Å². The van der Waals surface area contributed by atoms with Gasteiger partial charge in [-0.25, -0.2) is 9.37 Å². The van der Waals surface area contributed by atoms with Crippen LogP contribution in [0.2, 0.25) is 0 Å². The number of carbonyl (C=O) groups excluding carboxylic acids is 2. The highest BCUT2D eigenvalue weighted by Gasteiger charge is 2.25. The topological polar surface area (TPSA) is 92.8 Å². The van der Waals surface area contributed by atoms with Gasteiger partial charge in [0.2, 0.25) is 5.88 Å². The first-order valence-electron chi connectivity index (χ1n) is 9.13. The number of pyridine rings is 1. The van der Waals surface area contributed by atoms with Crippen molar-refractivity contribution in [1.29, 1.82) is 0 Å². The lowest BCUT2D eigenvalue weighted by atomic mass is 10.1. The van der Waals surface area contributed by atoms with E-state index in [1.807, 2.05) is 11.9 Å². The number of carbonyl (C=O) groups is 2. The molecule has 0 bridgehead atoms. The van der Waals surface area contributed by atoms with Gasteiger partial charge in [-0.05, 0) is 30.8 Å². The summed E-state index contributed by atoms with van der Waals surface area (Å²) in [6.45, 7) is 1.87. The summed E-state index contributed by atoms with van der Waals surface area (Å²) in [5.74, 6) is -0.998. The highest BCUT2D eigenvalue weighted by atomic mass is 19.1. The highest BCUT2D eigenvalue weighted by molar-refractivity contribution is 5.98. The molecule has 1 aliphatic heterocycles. The minimum Gasteiger partial charge on any atom is -0.481 e. The van der Waals surface area contributed by atoms with E-state index in [2.05, 4.69) is 15.6 Å². The molecule has 1 atom stereocenters. The van der Waals surface area contributed by atoms with Gasteiger partial charge < -0.3 is 25.0 Å². The van der Waals surface area contributed by atoms with Crippen LogP contribution in [0.25, 0.3) is 0 Å². The van der Waals surface area contributed by atoms with Gasteiger partial charge in [-0.1, -0.05) is 6.07 Å². The third-order valence-electron chi connectivity index (χ3n) is 4.45. The second kappa shape index (κ2) is 9.44. The standard InChI is InChI=1S/C20H23FN4O4/c1-25-5-6-29-17(12-25)20(27)24-16-8-14(7-15(21)9-16)19(26)23-11-13-3-4-18(28-2)22-10-13/h3-4,7-10,17H,5-6,11-12H2,1-2H3,(H,23,26)(H,24,27). The Bertz CT molecular complexity index is 875. The number of nitrogens with one attached hydrogen (secondary N) is 2. The van der Waals surface area contributed by atoms with Crippen molar-refractivity contribution in [3.8, 4) is 5.88 Å². The maximum absolute atomic E-state index is 14.0. The Morgan fingerprint density at radius 2 is 2.17 bits per heavy atom. The first-order chi connectivity index (χ1) is 13.9. The molecule has 1 saturated heterocycles. The molecule has 2 heterocycles. The third kappa shape index (κ3) is 5.72. The number of nitrogens with zero attached hydrogens (tertiary/aromatic N) is 2. The Morgan fingerprint density at radius 3 is 2.86 bits per heavy atom. The number of halogens is 1. The molecule has 1 unspecified atom stereocenters. The quantitative estimate of drug-likeness (QED) is 0.760. The number of aromatic nitrogens is 1. The van der Waals surface area contributed by atoms with E-state index >= 15 is 0 Å². The van der Waals surface area contributed by atoms with Gasteiger partial charge in [-0.2, -0.15) is 0 Å². The maximum Gasteiger partial charge on any atom is 0.254 e. The molecule has 9 heteroatoms. The van der Waals surface area contributed by atoms with E-state index in [0.717, 1.165) is 24.2 Å². The maximum atomic E-state index is 14.0. The monoisotopic (exact) mass is 402 g/mol. The minimum atomic E-state index is -0.642. The molecule has 1 aromatic heterocycles. The molecule has 2 N–H and O–H groups in total. The van der Waals surface area contributed by atoms with E-state index in [4.69, 9.17) is 9.47 Å². The summed E-state index contributed by atoms with van der Waals surface area (Å²) in [5.41, 5.74) is 1.06. The van der Waals surface area contributed by atoms with Gasteiger partial charge in [0.1, 0.15) is 11.9 Å². The summed E-state index contributed by atoms with van der Waals surface area (Å²) in [6.07, 6.45) is 0.939. The largest absolute Gasteiger partial charge is 0.481 e. The van der Waals surface area contributed by atoms with Crippen LogP contribution >= 0.6 is 0 Å². The number of methoxy groups -OCH3 is 1. The van der Waals surface area contributed by atoms with Gasteiger partial charge in [0.15, 0.2) is 0 Å². The number of morpholine rings is 1. The SMILES string of the molecule is COc1ccc(CNC(=O)c2cc(F)cc(NC(=O)C3CN(C)CCO3)c2)cn1. The number of hydrogen-bond acceptors (Lipinski definition) is 6. The molecule has 0 aliphatic carbocycles. The fraction of sp³-hybridized carbons (Fsp3) is 0.350.